The summed E-state index contributed by atoms with van der Waals surface area (Å²) in [5.41, 5.74) is 0.907. The average Bonchev–Trinajstić information content (AvgIpc) is 2.37. The van der Waals surface area contributed by atoms with Crippen molar-refractivity contribution in [2.24, 2.45) is 5.16 Å². The summed E-state index contributed by atoms with van der Waals surface area (Å²) < 4.78 is 15.1. The summed E-state index contributed by atoms with van der Waals surface area (Å²) in [5.74, 6) is -0.138. The van der Waals surface area contributed by atoms with Gasteiger partial charge >= 0.3 is 7.82 Å². The Kier molecular flexibility index (Phi) is 6.09. The van der Waals surface area contributed by atoms with Crippen molar-refractivity contribution >= 4 is 14.0 Å². The van der Waals surface area contributed by atoms with Crippen LogP contribution in [0.2, 0.25) is 0 Å². The minimum atomic E-state index is -4.60. The number of hydrogen-bond acceptors (Lipinski definition) is 6. The lowest BCUT2D eigenvalue weighted by atomic mass is 10.1. The maximum atomic E-state index is 10.7. The molecule has 1 aromatic rings. The van der Waals surface area contributed by atoms with E-state index < -0.39 is 14.4 Å². The molecule has 0 bridgehead atoms. The number of oxime groups is 1. The molecular formula is C11H17N2O6P. The van der Waals surface area contributed by atoms with Crippen LogP contribution in [0, 0.1) is 6.92 Å². The highest BCUT2D eigenvalue weighted by Gasteiger charge is 2.17. The van der Waals surface area contributed by atoms with Crippen LogP contribution < -0.4 is 0 Å². The Labute approximate surface area is 116 Å². The molecule has 8 nitrogen and oxygen atoms in total. The number of nitrogens with zero attached hydrogens (tertiary/aromatic N) is 2. The quantitative estimate of drug-likeness (QED) is 0.302. The van der Waals surface area contributed by atoms with E-state index >= 15 is 0 Å². The first-order valence-corrected chi connectivity index (χ1v) is 7.41. The SMILES string of the molecule is CCCO/N=C/c1c(COP(=O)(O)O)cnc(C)c1O. The van der Waals surface area contributed by atoms with Crippen LogP contribution >= 0.6 is 7.82 Å². The van der Waals surface area contributed by atoms with Gasteiger partial charge in [0.25, 0.3) is 0 Å². The first-order chi connectivity index (χ1) is 9.35. The Morgan fingerprint density at radius 3 is 2.80 bits per heavy atom. The van der Waals surface area contributed by atoms with Crippen molar-refractivity contribution in [3.8, 4) is 5.75 Å². The van der Waals surface area contributed by atoms with E-state index in [1.807, 2.05) is 6.92 Å². The fourth-order valence-corrected chi connectivity index (χ4v) is 1.61. The van der Waals surface area contributed by atoms with Crippen LogP contribution in [0.5, 0.6) is 5.75 Å². The lowest BCUT2D eigenvalue weighted by Crippen LogP contribution is -2.01. The van der Waals surface area contributed by atoms with Crippen molar-refractivity contribution in [1.29, 1.82) is 0 Å². The zero-order valence-corrected chi connectivity index (χ0v) is 12.1. The molecule has 1 aromatic heterocycles. The molecule has 0 atom stereocenters. The molecule has 0 saturated carbocycles. The molecule has 20 heavy (non-hydrogen) atoms. The van der Waals surface area contributed by atoms with Gasteiger partial charge in [-0.15, -0.1) is 0 Å². The minimum Gasteiger partial charge on any atom is -0.505 e. The first-order valence-electron chi connectivity index (χ1n) is 5.88. The van der Waals surface area contributed by atoms with Gasteiger partial charge < -0.3 is 19.7 Å². The molecule has 0 unspecified atom stereocenters. The van der Waals surface area contributed by atoms with E-state index in [4.69, 9.17) is 14.6 Å². The van der Waals surface area contributed by atoms with Crippen LogP contribution in [0.15, 0.2) is 11.4 Å². The molecule has 1 heterocycles. The molecule has 0 aliphatic heterocycles. The Balaban J connectivity index is 2.95. The number of phosphoric ester groups is 1. The maximum absolute atomic E-state index is 10.7. The van der Waals surface area contributed by atoms with E-state index in [0.29, 0.717) is 17.9 Å². The van der Waals surface area contributed by atoms with E-state index in [1.54, 1.807) is 6.92 Å². The number of aryl methyl sites for hydroxylation is 1. The Morgan fingerprint density at radius 1 is 1.50 bits per heavy atom. The van der Waals surface area contributed by atoms with Gasteiger partial charge in [-0.3, -0.25) is 9.51 Å². The molecule has 1 rings (SSSR count). The van der Waals surface area contributed by atoms with Crippen molar-refractivity contribution in [2.45, 2.75) is 26.9 Å². The predicted octanol–water partition coefficient (Wildman–Crippen LogP) is 1.47. The van der Waals surface area contributed by atoms with Crippen LogP contribution in [-0.2, 0) is 20.5 Å². The third-order valence-electron chi connectivity index (χ3n) is 2.30. The third-order valence-corrected chi connectivity index (χ3v) is 2.76. The van der Waals surface area contributed by atoms with Crippen LogP contribution in [0.3, 0.4) is 0 Å². The molecule has 9 heteroatoms. The molecule has 0 aliphatic carbocycles. The van der Waals surface area contributed by atoms with Crippen molar-refractivity contribution in [3.05, 3.63) is 23.0 Å². The average molecular weight is 304 g/mol. The molecule has 0 aromatic carbocycles. The summed E-state index contributed by atoms with van der Waals surface area (Å²) in [6.07, 6.45) is 3.40. The summed E-state index contributed by atoms with van der Waals surface area (Å²) in [7, 11) is -4.60. The van der Waals surface area contributed by atoms with Crippen molar-refractivity contribution in [2.75, 3.05) is 6.61 Å². The number of aromatic nitrogens is 1. The first kappa shape index (κ1) is 16.6. The van der Waals surface area contributed by atoms with Crippen molar-refractivity contribution in [3.63, 3.8) is 0 Å². The Hall–Kier alpha value is -1.47. The van der Waals surface area contributed by atoms with Crippen LogP contribution in [0.25, 0.3) is 0 Å². The van der Waals surface area contributed by atoms with E-state index in [9.17, 15) is 9.67 Å². The van der Waals surface area contributed by atoms with Gasteiger partial charge in [0.1, 0.15) is 12.4 Å². The number of pyridine rings is 1. The number of aromatic hydroxyl groups is 1. The fourth-order valence-electron chi connectivity index (χ4n) is 1.30. The van der Waals surface area contributed by atoms with Crippen molar-refractivity contribution in [1.82, 2.24) is 4.98 Å². The zero-order chi connectivity index (χ0) is 15.2. The fraction of sp³-hybridized carbons (Fsp3) is 0.455. The second kappa shape index (κ2) is 7.35. The molecule has 0 spiro atoms. The van der Waals surface area contributed by atoms with Crippen LogP contribution in [0.1, 0.15) is 30.2 Å². The van der Waals surface area contributed by atoms with Gasteiger partial charge in [0, 0.05) is 17.3 Å². The highest BCUT2D eigenvalue weighted by atomic mass is 31.2. The highest BCUT2D eigenvalue weighted by molar-refractivity contribution is 7.46. The lowest BCUT2D eigenvalue weighted by Gasteiger charge is -2.10. The Bertz CT molecular complexity index is 528. The molecule has 112 valence electrons. The molecule has 0 aliphatic rings. The standard InChI is InChI=1S/C11H17N2O6P/c1-3-4-18-13-6-10-9(7-19-20(15,16)17)5-12-8(2)11(10)14/h5-6,14H,3-4,7H2,1-2H3,(H2,15,16,17)/b13-6+. The van der Waals surface area contributed by atoms with E-state index in [-0.39, 0.29) is 11.3 Å². The zero-order valence-electron chi connectivity index (χ0n) is 11.2. The summed E-state index contributed by atoms with van der Waals surface area (Å²) in [6, 6.07) is 0. The summed E-state index contributed by atoms with van der Waals surface area (Å²) in [4.78, 5) is 26.2. The second-order valence-electron chi connectivity index (χ2n) is 3.96. The molecule has 3 N–H and O–H groups in total. The maximum Gasteiger partial charge on any atom is 0.469 e. The highest BCUT2D eigenvalue weighted by Crippen LogP contribution is 2.37. The van der Waals surface area contributed by atoms with E-state index in [1.165, 1.54) is 12.4 Å². The number of phosphoric acid groups is 1. The van der Waals surface area contributed by atoms with Crippen LogP contribution in [-0.4, -0.2) is 32.7 Å². The predicted molar refractivity (Wildman–Crippen MR) is 71.3 cm³/mol. The second-order valence-corrected chi connectivity index (χ2v) is 5.20. The summed E-state index contributed by atoms with van der Waals surface area (Å²) >= 11 is 0. The van der Waals surface area contributed by atoms with Gasteiger partial charge in [0.15, 0.2) is 0 Å². The van der Waals surface area contributed by atoms with Gasteiger partial charge in [-0.25, -0.2) is 4.57 Å². The van der Waals surface area contributed by atoms with Crippen molar-refractivity contribution < 1.29 is 28.8 Å². The largest absolute Gasteiger partial charge is 0.505 e. The molecule has 0 amide bonds. The number of rotatable bonds is 7. The molecular weight excluding hydrogens is 287 g/mol. The number of hydrogen-bond donors (Lipinski definition) is 3. The van der Waals surface area contributed by atoms with E-state index in [2.05, 4.69) is 14.7 Å². The third kappa shape index (κ3) is 5.26. The van der Waals surface area contributed by atoms with Gasteiger partial charge in [0.2, 0.25) is 0 Å². The monoisotopic (exact) mass is 304 g/mol. The van der Waals surface area contributed by atoms with Crippen LogP contribution in [0.4, 0.5) is 0 Å². The van der Waals surface area contributed by atoms with Gasteiger partial charge in [-0.1, -0.05) is 12.1 Å². The molecule has 0 radical (unpaired) electrons. The lowest BCUT2D eigenvalue weighted by molar-refractivity contribution is 0.146. The normalized spacial score (nSPS) is 12.0. The minimum absolute atomic E-state index is 0.138. The summed E-state index contributed by atoms with van der Waals surface area (Å²) in [5, 5.41) is 13.6. The van der Waals surface area contributed by atoms with Gasteiger partial charge in [0.05, 0.1) is 18.5 Å². The topological polar surface area (TPSA) is 121 Å². The summed E-state index contributed by atoms with van der Waals surface area (Å²) in [6.45, 7) is 3.53. The molecule has 0 fully saturated rings. The molecule has 0 saturated heterocycles. The smallest absolute Gasteiger partial charge is 0.469 e. The van der Waals surface area contributed by atoms with Gasteiger partial charge in [-0.05, 0) is 13.3 Å². The Morgan fingerprint density at radius 2 is 2.20 bits per heavy atom. The van der Waals surface area contributed by atoms with E-state index in [0.717, 1.165) is 6.42 Å². The van der Waals surface area contributed by atoms with Gasteiger partial charge in [-0.2, -0.15) is 0 Å².